The van der Waals surface area contributed by atoms with Gasteiger partial charge < -0.3 is 29.6 Å². The Kier molecular flexibility index (Phi) is 9.12. The van der Waals surface area contributed by atoms with Crippen molar-refractivity contribution in [2.24, 2.45) is 0 Å². The zero-order valence-corrected chi connectivity index (χ0v) is 19.3. The summed E-state index contributed by atoms with van der Waals surface area (Å²) in [6.07, 6.45) is 1.41. The van der Waals surface area contributed by atoms with E-state index >= 15 is 0 Å². The molecule has 0 fully saturated rings. The van der Waals surface area contributed by atoms with Crippen molar-refractivity contribution in [3.63, 3.8) is 0 Å². The molecule has 3 rings (SSSR count). The molecule has 0 saturated carbocycles. The van der Waals surface area contributed by atoms with Crippen LogP contribution in [0.15, 0.2) is 35.3 Å². The molecular formula is C21H22Cl3N3O5. The van der Waals surface area contributed by atoms with Gasteiger partial charge in [-0.05, 0) is 12.1 Å². The lowest BCUT2D eigenvalue weighted by Gasteiger charge is -2.20. The molecule has 172 valence electrons. The van der Waals surface area contributed by atoms with Crippen LogP contribution in [0.4, 0.5) is 5.82 Å². The topological polar surface area (TPSA) is 106 Å². The Balaban J connectivity index is 1.97. The highest BCUT2D eigenvalue weighted by molar-refractivity contribution is 6.38. The Labute approximate surface area is 199 Å². The van der Waals surface area contributed by atoms with E-state index in [4.69, 9.17) is 49.4 Å². The second-order valence-electron chi connectivity index (χ2n) is 6.62. The van der Waals surface area contributed by atoms with Gasteiger partial charge in [-0.25, -0.2) is 4.98 Å². The molecular weight excluding hydrogens is 481 g/mol. The number of aliphatic hydroxyl groups is 2. The van der Waals surface area contributed by atoms with Crippen molar-refractivity contribution in [2.45, 2.75) is 6.61 Å². The summed E-state index contributed by atoms with van der Waals surface area (Å²) in [4.78, 5) is 17.2. The number of rotatable bonds is 11. The van der Waals surface area contributed by atoms with Crippen LogP contribution in [0.1, 0.15) is 5.69 Å². The van der Waals surface area contributed by atoms with Gasteiger partial charge in [-0.3, -0.25) is 4.79 Å². The number of halogens is 3. The fraction of sp³-hybridized carbons (Fsp3) is 0.333. The van der Waals surface area contributed by atoms with Gasteiger partial charge in [0.15, 0.2) is 5.43 Å². The molecule has 3 aromatic rings. The van der Waals surface area contributed by atoms with E-state index in [2.05, 4.69) is 10.3 Å². The third-order valence-electron chi connectivity index (χ3n) is 4.53. The van der Waals surface area contributed by atoms with Crippen molar-refractivity contribution in [3.05, 3.63) is 61.4 Å². The Morgan fingerprint density at radius 2 is 1.69 bits per heavy atom. The minimum Gasteiger partial charge on any atom is -0.394 e. The van der Waals surface area contributed by atoms with Gasteiger partial charge in [-0.15, -0.1) is 0 Å². The summed E-state index contributed by atoms with van der Waals surface area (Å²) >= 11 is 19.3. The molecule has 0 amide bonds. The van der Waals surface area contributed by atoms with Crippen LogP contribution < -0.4 is 10.7 Å². The van der Waals surface area contributed by atoms with Crippen molar-refractivity contribution in [2.75, 3.05) is 44.9 Å². The maximum atomic E-state index is 12.9. The van der Waals surface area contributed by atoms with Gasteiger partial charge in [0.05, 0.1) is 83.2 Å². The summed E-state index contributed by atoms with van der Waals surface area (Å²) in [7, 11) is 0. The van der Waals surface area contributed by atoms with E-state index in [1.807, 2.05) is 0 Å². The van der Waals surface area contributed by atoms with E-state index in [0.29, 0.717) is 53.4 Å². The molecule has 3 N–H and O–H groups in total. The average molecular weight is 503 g/mol. The fourth-order valence-electron chi connectivity index (χ4n) is 3.20. The molecule has 0 saturated heterocycles. The van der Waals surface area contributed by atoms with E-state index < -0.39 is 6.61 Å². The van der Waals surface area contributed by atoms with Gasteiger partial charge >= 0.3 is 0 Å². The van der Waals surface area contributed by atoms with Crippen LogP contribution in [0.3, 0.4) is 0 Å². The van der Waals surface area contributed by atoms with Crippen LogP contribution in [-0.2, 0) is 16.1 Å². The van der Waals surface area contributed by atoms with Gasteiger partial charge in [0.25, 0.3) is 0 Å². The van der Waals surface area contributed by atoms with Crippen molar-refractivity contribution in [3.8, 4) is 5.69 Å². The standard InChI is InChI=1S/C21H22Cl3N3O5/c22-14-2-1-3-15(23)19(14)27-13(12-29)10-17(30)18-20(27)16(24)11-26-21(18)25-4-6-31-8-9-32-7-5-28/h1-3,10-11,28-29H,4-9,12H2,(H,25,26). The lowest BCUT2D eigenvalue weighted by Crippen LogP contribution is -2.18. The van der Waals surface area contributed by atoms with Crippen LogP contribution in [0.2, 0.25) is 15.1 Å². The quantitative estimate of drug-likeness (QED) is 0.346. The summed E-state index contributed by atoms with van der Waals surface area (Å²) in [6.45, 7) is 1.25. The van der Waals surface area contributed by atoms with E-state index in [1.54, 1.807) is 22.8 Å². The Hall–Kier alpha value is -1.91. The first-order chi connectivity index (χ1) is 15.5. The average Bonchev–Trinajstić information content (AvgIpc) is 2.77. The number of anilines is 1. The smallest absolute Gasteiger partial charge is 0.193 e. The van der Waals surface area contributed by atoms with E-state index in [9.17, 15) is 9.90 Å². The molecule has 0 aliphatic heterocycles. The van der Waals surface area contributed by atoms with Crippen LogP contribution in [-0.4, -0.2) is 59.3 Å². The summed E-state index contributed by atoms with van der Waals surface area (Å²) in [5.74, 6) is 0.316. The summed E-state index contributed by atoms with van der Waals surface area (Å²) in [5.41, 5.74) is 0.645. The minimum absolute atomic E-state index is 0.0359. The highest BCUT2D eigenvalue weighted by Crippen LogP contribution is 2.35. The number of benzene rings is 1. The molecule has 2 heterocycles. The first-order valence-electron chi connectivity index (χ1n) is 9.78. The van der Waals surface area contributed by atoms with Crippen molar-refractivity contribution < 1.29 is 19.7 Å². The number of fused-ring (bicyclic) bond motifs is 1. The number of ether oxygens (including phenoxy) is 2. The molecule has 0 atom stereocenters. The van der Waals surface area contributed by atoms with Gasteiger partial charge in [0, 0.05) is 12.6 Å². The first kappa shape index (κ1) is 24.7. The molecule has 0 unspecified atom stereocenters. The lowest BCUT2D eigenvalue weighted by atomic mass is 10.1. The second kappa shape index (κ2) is 11.8. The molecule has 2 aromatic heterocycles. The molecule has 0 radical (unpaired) electrons. The zero-order chi connectivity index (χ0) is 23.1. The van der Waals surface area contributed by atoms with Gasteiger partial charge in [-0.2, -0.15) is 0 Å². The number of hydrogen-bond acceptors (Lipinski definition) is 7. The number of aromatic nitrogens is 2. The number of nitrogens with one attached hydrogen (secondary N) is 1. The van der Waals surface area contributed by atoms with Crippen LogP contribution >= 0.6 is 34.8 Å². The molecule has 1 aromatic carbocycles. The maximum absolute atomic E-state index is 12.9. The van der Waals surface area contributed by atoms with E-state index in [0.717, 1.165) is 0 Å². The van der Waals surface area contributed by atoms with Crippen LogP contribution in [0, 0.1) is 0 Å². The zero-order valence-electron chi connectivity index (χ0n) is 17.0. The molecule has 0 aliphatic carbocycles. The van der Waals surface area contributed by atoms with Gasteiger partial charge in [0.1, 0.15) is 5.82 Å². The third kappa shape index (κ3) is 5.52. The largest absolute Gasteiger partial charge is 0.394 e. The van der Waals surface area contributed by atoms with Gasteiger partial charge in [0.2, 0.25) is 0 Å². The molecule has 0 spiro atoms. The molecule has 0 bridgehead atoms. The number of hydrogen-bond donors (Lipinski definition) is 3. The number of para-hydroxylation sites is 1. The van der Waals surface area contributed by atoms with E-state index in [-0.39, 0.29) is 34.7 Å². The highest BCUT2D eigenvalue weighted by atomic mass is 35.5. The highest BCUT2D eigenvalue weighted by Gasteiger charge is 2.20. The Bertz CT molecular complexity index is 1120. The molecule has 32 heavy (non-hydrogen) atoms. The molecule has 0 aliphatic rings. The fourth-order valence-corrected chi connectivity index (χ4v) is 3.99. The predicted octanol–water partition coefficient (Wildman–Crippen LogP) is 3.28. The minimum atomic E-state index is -0.430. The van der Waals surface area contributed by atoms with Crippen molar-refractivity contribution in [1.82, 2.24) is 9.55 Å². The Morgan fingerprint density at radius 3 is 2.34 bits per heavy atom. The van der Waals surface area contributed by atoms with Crippen molar-refractivity contribution >= 4 is 51.5 Å². The summed E-state index contributed by atoms with van der Waals surface area (Å²) in [5, 5.41) is 22.8. The molecule has 11 heteroatoms. The predicted molar refractivity (Wildman–Crippen MR) is 126 cm³/mol. The van der Waals surface area contributed by atoms with Crippen LogP contribution in [0.25, 0.3) is 16.6 Å². The Morgan fingerprint density at radius 1 is 1.00 bits per heavy atom. The first-order valence-corrected chi connectivity index (χ1v) is 10.9. The summed E-state index contributed by atoms with van der Waals surface area (Å²) in [6, 6.07) is 6.32. The lowest BCUT2D eigenvalue weighted by molar-refractivity contribution is 0.0361. The SMILES string of the molecule is O=c1cc(CO)n(-c2c(Cl)cccc2Cl)c2c(Cl)cnc(NCCOCCOCCO)c12. The summed E-state index contributed by atoms with van der Waals surface area (Å²) < 4.78 is 12.2. The van der Waals surface area contributed by atoms with Crippen LogP contribution in [0.5, 0.6) is 0 Å². The monoisotopic (exact) mass is 501 g/mol. The number of pyridine rings is 2. The normalized spacial score (nSPS) is 11.3. The second-order valence-corrected chi connectivity index (χ2v) is 7.84. The molecule has 8 nitrogen and oxygen atoms in total. The maximum Gasteiger partial charge on any atom is 0.193 e. The number of aliphatic hydroxyl groups excluding tert-OH is 2. The third-order valence-corrected chi connectivity index (χ3v) is 5.42. The van der Waals surface area contributed by atoms with Gasteiger partial charge in [-0.1, -0.05) is 40.9 Å². The van der Waals surface area contributed by atoms with E-state index in [1.165, 1.54) is 12.3 Å². The van der Waals surface area contributed by atoms with Crippen molar-refractivity contribution in [1.29, 1.82) is 0 Å². The number of nitrogens with zero attached hydrogens (tertiary/aromatic N) is 2.